The number of thioether (sulfide) groups is 1. The van der Waals surface area contributed by atoms with Crippen molar-refractivity contribution in [3.05, 3.63) is 59.9 Å². The van der Waals surface area contributed by atoms with Crippen molar-refractivity contribution < 1.29 is 14.3 Å². The number of imide groups is 1. The number of carbonyl (C=O) groups is 2. The van der Waals surface area contributed by atoms with Gasteiger partial charge in [-0.15, -0.1) is 0 Å². The molecule has 1 unspecified atom stereocenters. The lowest BCUT2D eigenvalue weighted by molar-refractivity contribution is -0.118. The zero-order valence-electron chi connectivity index (χ0n) is 15.7. The predicted molar refractivity (Wildman–Crippen MR) is 110 cm³/mol. The Labute approximate surface area is 167 Å². The number of imidazole rings is 1. The summed E-state index contributed by atoms with van der Waals surface area (Å²) in [6.45, 7) is 4.64. The van der Waals surface area contributed by atoms with E-state index in [2.05, 4.69) is 29.8 Å². The van der Waals surface area contributed by atoms with Gasteiger partial charge in [0.05, 0.1) is 16.3 Å². The zero-order valence-corrected chi connectivity index (χ0v) is 16.5. The summed E-state index contributed by atoms with van der Waals surface area (Å²) >= 11 is 1.04. The molecule has 2 amide bonds. The number of rotatable bonds is 6. The van der Waals surface area contributed by atoms with Gasteiger partial charge in [0.2, 0.25) is 5.91 Å². The first-order valence-electron chi connectivity index (χ1n) is 9.20. The fourth-order valence-corrected chi connectivity index (χ4v) is 4.24. The Balaban J connectivity index is 1.44. The number of nitrogens with zero attached hydrogens (tertiary/aromatic N) is 2. The van der Waals surface area contributed by atoms with Gasteiger partial charge in [0, 0.05) is 6.04 Å². The minimum Gasteiger partial charge on any atom is -0.486 e. The van der Waals surface area contributed by atoms with E-state index in [4.69, 9.17) is 9.72 Å². The first-order valence-corrected chi connectivity index (χ1v) is 10.1. The molecule has 6 nitrogen and oxygen atoms in total. The van der Waals surface area contributed by atoms with Crippen LogP contribution < -0.4 is 10.1 Å². The Morgan fingerprint density at radius 3 is 2.57 bits per heavy atom. The van der Waals surface area contributed by atoms with E-state index in [1.807, 2.05) is 42.5 Å². The van der Waals surface area contributed by atoms with Crippen molar-refractivity contribution in [1.29, 1.82) is 0 Å². The average molecular weight is 395 g/mol. The van der Waals surface area contributed by atoms with Gasteiger partial charge in [-0.2, -0.15) is 0 Å². The third kappa shape index (κ3) is 3.75. The Bertz CT molecular complexity index is 1030. The molecule has 28 heavy (non-hydrogen) atoms. The SMILES string of the molecule is CC(C)n1c(COc2ccc(CC3SC(=O)NC3=O)cc2)nc2ccccc21. The molecule has 4 rings (SSSR count). The molecule has 7 heteroatoms. The highest BCUT2D eigenvalue weighted by Gasteiger charge is 2.31. The van der Waals surface area contributed by atoms with Crippen LogP contribution in [0.5, 0.6) is 5.75 Å². The average Bonchev–Trinajstić information content (AvgIpc) is 3.20. The Morgan fingerprint density at radius 1 is 1.14 bits per heavy atom. The summed E-state index contributed by atoms with van der Waals surface area (Å²) in [4.78, 5) is 27.7. The van der Waals surface area contributed by atoms with Crippen LogP contribution in [0.3, 0.4) is 0 Å². The number of benzene rings is 2. The van der Waals surface area contributed by atoms with Crippen LogP contribution in [0.4, 0.5) is 4.79 Å². The van der Waals surface area contributed by atoms with Crippen molar-refractivity contribution in [1.82, 2.24) is 14.9 Å². The van der Waals surface area contributed by atoms with Gasteiger partial charge in [-0.1, -0.05) is 36.0 Å². The van der Waals surface area contributed by atoms with Gasteiger partial charge in [0.25, 0.3) is 5.24 Å². The third-order valence-electron chi connectivity index (χ3n) is 4.66. The number of fused-ring (bicyclic) bond motifs is 1. The highest BCUT2D eigenvalue weighted by atomic mass is 32.2. The van der Waals surface area contributed by atoms with Crippen molar-refractivity contribution in [3.8, 4) is 5.75 Å². The van der Waals surface area contributed by atoms with Crippen LogP contribution in [0, 0.1) is 0 Å². The Kier molecular flexibility index (Phi) is 5.09. The van der Waals surface area contributed by atoms with E-state index in [0.29, 0.717) is 13.0 Å². The van der Waals surface area contributed by atoms with E-state index in [1.165, 1.54) is 0 Å². The molecular formula is C21H21N3O3S. The first-order chi connectivity index (χ1) is 13.5. The lowest BCUT2D eigenvalue weighted by Crippen LogP contribution is -2.25. The van der Waals surface area contributed by atoms with Crippen LogP contribution in [0.1, 0.15) is 31.3 Å². The number of hydrogen-bond donors (Lipinski definition) is 1. The number of ether oxygens (including phenoxy) is 1. The molecule has 2 heterocycles. The van der Waals surface area contributed by atoms with Crippen LogP contribution in [0.15, 0.2) is 48.5 Å². The van der Waals surface area contributed by atoms with Crippen LogP contribution in [-0.2, 0) is 17.8 Å². The lowest BCUT2D eigenvalue weighted by atomic mass is 10.1. The second-order valence-corrected chi connectivity index (χ2v) is 8.18. The fraction of sp³-hybridized carbons (Fsp3) is 0.286. The van der Waals surface area contributed by atoms with Crippen LogP contribution in [-0.4, -0.2) is 25.9 Å². The molecule has 0 spiro atoms. The number of amides is 2. The molecule has 0 aliphatic carbocycles. The summed E-state index contributed by atoms with van der Waals surface area (Å²) in [5.74, 6) is 1.41. The third-order valence-corrected chi connectivity index (χ3v) is 5.65. The van der Waals surface area contributed by atoms with Crippen LogP contribution in [0.2, 0.25) is 0 Å². The first kappa shape index (κ1) is 18.6. The largest absolute Gasteiger partial charge is 0.486 e. The number of para-hydroxylation sites is 2. The maximum absolute atomic E-state index is 11.7. The quantitative estimate of drug-likeness (QED) is 0.680. The van der Waals surface area contributed by atoms with Gasteiger partial charge in [-0.05, 0) is 50.1 Å². The van der Waals surface area contributed by atoms with E-state index in [9.17, 15) is 9.59 Å². The molecule has 2 aromatic carbocycles. The zero-order chi connectivity index (χ0) is 19.7. The van der Waals surface area contributed by atoms with Gasteiger partial charge in [-0.3, -0.25) is 14.9 Å². The van der Waals surface area contributed by atoms with E-state index in [0.717, 1.165) is 39.9 Å². The summed E-state index contributed by atoms with van der Waals surface area (Å²) in [5, 5.41) is 1.68. The molecule has 1 aromatic heterocycles. The van der Waals surface area contributed by atoms with Crippen LogP contribution in [0.25, 0.3) is 11.0 Å². The summed E-state index contributed by atoms with van der Waals surface area (Å²) in [5.41, 5.74) is 3.06. The van der Waals surface area contributed by atoms with Gasteiger partial charge in [0.1, 0.15) is 18.2 Å². The monoisotopic (exact) mass is 395 g/mol. The van der Waals surface area contributed by atoms with Crippen LogP contribution >= 0.6 is 11.8 Å². The summed E-state index contributed by atoms with van der Waals surface area (Å²) < 4.78 is 8.14. The highest BCUT2D eigenvalue weighted by Crippen LogP contribution is 2.25. The minimum atomic E-state index is -0.356. The second-order valence-electron chi connectivity index (χ2n) is 7.00. The molecule has 144 valence electrons. The predicted octanol–water partition coefficient (Wildman–Crippen LogP) is 4.09. The van der Waals surface area contributed by atoms with Gasteiger partial charge in [0.15, 0.2) is 0 Å². The van der Waals surface area contributed by atoms with Gasteiger partial charge >= 0.3 is 0 Å². The number of aromatic nitrogens is 2. The van der Waals surface area contributed by atoms with Crippen molar-refractivity contribution in [2.45, 2.75) is 38.2 Å². The molecule has 1 fully saturated rings. The summed E-state index contributed by atoms with van der Waals surface area (Å²) in [6.07, 6.45) is 0.520. The van der Waals surface area contributed by atoms with Crippen molar-refractivity contribution in [3.63, 3.8) is 0 Å². The topological polar surface area (TPSA) is 73.2 Å². The van der Waals surface area contributed by atoms with E-state index in [1.54, 1.807) is 0 Å². The van der Waals surface area contributed by atoms with Gasteiger partial charge < -0.3 is 9.30 Å². The smallest absolute Gasteiger partial charge is 0.286 e. The maximum Gasteiger partial charge on any atom is 0.286 e. The number of nitrogens with one attached hydrogen (secondary N) is 1. The molecule has 0 saturated carbocycles. The molecule has 1 N–H and O–H groups in total. The number of hydrogen-bond acceptors (Lipinski definition) is 5. The molecule has 1 atom stereocenters. The van der Waals surface area contributed by atoms with E-state index >= 15 is 0 Å². The maximum atomic E-state index is 11.7. The molecule has 1 aliphatic rings. The molecule has 0 radical (unpaired) electrons. The molecule has 0 bridgehead atoms. The molecule has 1 saturated heterocycles. The summed E-state index contributed by atoms with van der Waals surface area (Å²) in [7, 11) is 0. The Hall–Kier alpha value is -2.80. The second kappa shape index (κ2) is 7.67. The van der Waals surface area contributed by atoms with Crippen molar-refractivity contribution in [2.24, 2.45) is 0 Å². The van der Waals surface area contributed by atoms with Crippen molar-refractivity contribution in [2.75, 3.05) is 0 Å². The number of carbonyl (C=O) groups excluding carboxylic acids is 2. The van der Waals surface area contributed by atoms with Gasteiger partial charge in [-0.25, -0.2) is 4.98 Å². The standard InChI is InChI=1S/C21H21N3O3S/c1-13(2)24-17-6-4-3-5-16(17)22-19(24)12-27-15-9-7-14(8-10-15)11-18-20(25)23-21(26)28-18/h3-10,13,18H,11-12H2,1-2H3,(H,23,25,26). The molecule has 1 aliphatic heterocycles. The normalized spacial score (nSPS) is 16.8. The van der Waals surface area contributed by atoms with Crippen molar-refractivity contribution >= 4 is 33.9 Å². The summed E-state index contributed by atoms with van der Waals surface area (Å²) in [6, 6.07) is 16.0. The molecular weight excluding hydrogens is 374 g/mol. The highest BCUT2D eigenvalue weighted by molar-refractivity contribution is 8.15. The van der Waals surface area contributed by atoms with E-state index in [-0.39, 0.29) is 22.4 Å². The minimum absolute atomic E-state index is 0.220. The molecule has 3 aromatic rings. The fourth-order valence-electron chi connectivity index (χ4n) is 3.38. The Morgan fingerprint density at radius 2 is 1.89 bits per heavy atom. The van der Waals surface area contributed by atoms with E-state index < -0.39 is 0 Å². The lowest BCUT2D eigenvalue weighted by Gasteiger charge is -2.14.